The summed E-state index contributed by atoms with van der Waals surface area (Å²) in [6.07, 6.45) is 4.48. The smallest absolute Gasteiger partial charge is 0.273 e. The zero-order valence-corrected chi connectivity index (χ0v) is 25.2. The van der Waals surface area contributed by atoms with Crippen molar-refractivity contribution in [2.45, 2.75) is 55.7 Å². The van der Waals surface area contributed by atoms with E-state index in [9.17, 15) is 17.6 Å². The lowest BCUT2D eigenvalue weighted by atomic mass is 9.94. The fourth-order valence-corrected chi connectivity index (χ4v) is 8.51. The van der Waals surface area contributed by atoms with Crippen LogP contribution in [0.3, 0.4) is 0 Å². The Bertz CT molecular complexity index is 1680. The predicted octanol–water partition coefficient (Wildman–Crippen LogP) is 8.21. The lowest BCUT2D eigenvalue weighted by molar-refractivity contribution is -0.119. The number of rotatable bonds is 8. The number of hydrogen-bond donors (Lipinski definition) is 1. The van der Waals surface area contributed by atoms with Crippen LogP contribution in [0.2, 0.25) is 19.4 Å². The molecule has 0 atom stereocenters. The summed E-state index contributed by atoms with van der Waals surface area (Å²) in [6, 6.07) is 9.69. The van der Waals surface area contributed by atoms with E-state index in [4.69, 9.17) is 46.4 Å². The highest BCUT2D eigenvalue weighted by Gasteiger charge is 2.24. The highest BCUT2D eigenvalue weighted by molar-refractivity contribution is 7.92. The van der Waals surface area contributed by atoms with E-state index in [2.05, 4.69) is 9.29 Å². The van der Waals surface area contributed by atoms with Crippen LogP contribution in [0.4, 0.5) is 4.39 Å². The van der Waals surface area contributed by atoms with Gasteiger partial charge >= 0.3 is 0 Å². The Morgan fingerprint density at radius 2 is 1.77 bits per heavy atom. The average Bonchev–Trinajstić information content (AvgIpc) is 3.38. The number of amides is 1. The van der Waals surface area contributed by atoms with Crippen LogP contribution in [-0.4, -0.2) is 18.9 Å². The average molecular weight is 648 g/mol. The molecule has 5 rings (SSSR count). The number of nitrogens with one attached hydrogen (secondary N) is 1. The molecular weight excluding hydrogens is 625 g/mol. The Labute approximate surface area is 249 Å². The quantitative estimate of drug-likeness (QED) is 0.210. The number of halogens is 5. The third-order valence-corrected chi connectivity index (χ3v) is 11.1. The molecule has 0 spiro atoms. The van der Waals surface area contributed by atoms with Gasteiger partial charge in [-0.2, -0.15) is 0 Å². The molecule has 0 fully saturated rings. The highest BCUT2D eigenvalue weighted by Crippen LogP contribution is 2.37. The number of fused-ring (bicyclic) bond motifs is 3. The molecular formula is C27H23Cl4FN2O3S2. The maximum Gasteiger partial charge on any atom is 0.273 e. The number of hydrogen-bond acceptors (Lipinski definition) is 4. The topological polar surface area (TPSA) is 68.2 Å². The zero-order chi connectivity index (χ0) is 27.9. The Morgan fingerprint density at radius 3 is 2.49 bits per heavy atom. The van der Waals surface area contributed by atoms with Crippen LogP contribution < -0.4 is 4.72 Å². The minimum atomic E-state index is -4.08. The first kappa shape index (κ1) is 28.7. The number of thiophene rings is 1. The standard InChI is InChI=1S/C27H23Cl4FN2O3S2/c28-17-9-8-16(21(29)11-17)14-34-23-6-2-1-5-19(23)20-12-18(32)10-15(26(20)34)4-3-7-24(35)33-39(36,37)25-13-22(30)27(31)38-25/h8-13H,1-7,14H2,(H,33,35). The van der Waals surface area contributed by atoms with Gasteiger partial charge in [0.1, 0.15) is 14.4 Å². The largest absolute Gasteiger partial charge is 0.340 e. The third kappa shape index (κ3) is 6.11. The number of aryl methyl sites for hydroxylation is 2. The molecule has 2 heterocycles. The van der Waals surface area contributed by atoms with Gasteiger partial charge in [0.05, 0.1) is 10.5 Å². The predicted molar refractivity (Wildman–Crippen MR) is 157 cm³/mol. The molecule has 0 radical (unpaired) electrons. The molecule has 5 nitrogen and oxygen atoms in total. The number of nitrogens with zero attached hydrogens (tertiary/aromatic N) is 1. The lowest BCUT2D eigenvalue weighted by Crippen LogP contribution is -2.29. The maximum atomic E-state index is 14.8. The van der Waals surface area contributed by atoms with Crippen molar-refractivity contribution in [2.75, 3.05) is 0 Å². The summed E-state index contributed by atoms with van der Waals surface area (Å²) in [5.74, 6) is -1.00. The summed E-state index contributed by atoms with van der Waals surface area (Å²) in [5, 5.41) is 2.10. The second-order valence-corrected chi connectivity index (χ2v) is 14.3. The number of carbonyl (C=O) groups is 1. The number of aromatic nitrogens is 1. The Balaban J connectivity index is 1.41. The molecule has 0 saturated heterocycles. The number of carbonyl (C=O) groups excluding carboxylic acids is 1. The molecule has 12 heteroatoms. The molecule has 0 saturated carbocycles. The second kappa shape index (κ2) is 11.6. The van der Waals surface area contributed by atoms with E-state index in [-0.39, 0.29) is 25.8 Å². The van der Waals surface area contributed by atoms with E-state index in [0.717, 1.165) is 64.6 Å². The summed E-state index contributed by atoms with van der Waals surface area (Å²) in [6.45, 7) is 0.505. The van der Waals surface area contributed by atoms with Crippen LogP contribution in [0, 0.1) is 5.82 Å². The summed E-state index contributed by atoms with van der Waals surface area (Å²) in [7, 11) is -4.08. The van der Waals surface area contributed by atoms with Crippen molar-refractivity contribution >= 4 is 84.6 Å². The van der Waals surface area contributed by atoms with Crippen LogP contribution in [0.15, 0.2) is 40.6 Å². The van der Waals surface area contributed by atoms with Gasteiger partial charge in [0, 0.05) is 34.1 Å². The summed E-state index contributed by atoms with van der Waals surface area (Å²) < 4.78 is 44.1. The molecule has 206 valence electrons. The van der Waals surface area contributed by atoms with Crippen molar-refractivity contribution < 1.29 is 17.6 Å². The molecule has 0 bridgehead atoms. The van der Waals surface area contributed by atoms with Crippen LogP contribution >= 0.6 is 57.7 Å². The van der Waals surface area contributed by atoms with Crippen molar-refractivity contribution in [1.82, 2.24) is 9.29 Å². The molecule has 0 aliphatic heterocycles. The minimum Gasteiger partial charge on any atom is -0.340 e. The Morgan fingerprint density at radius 1 is 1.00 bits per heavy atom. The van der Waals surface area contributed by atoms with Gasteiger partial charge in [-0.05, 0) is 85.5 Å². The highest BCUT2D eigenvalue weighted by atomic mass is 35.5. The molecule has 2 aromatic carbocycles. The van der Waals surface area contributed by atoms with E-state index in [1.807, 2.05) is 6.07 Å². The Kier molecular flexibility index (Phi) is 8.53. The van der Waals surface area contributed by atoms with Gasteiger partial charge in [-0.25, -0.2) is 17.5 Å². The van der Waals surface area contributed by atoms with Crippen LogP contribution in [0.25, 0.3) is 10.9 Å². The zero-order valence-electron chi connectivity index (χ0n) is 20.5. The van der Waals surface area contributed by atoms with E-state index >= 15 is 0 Å². The molecule has 4 aromatic rings. The number of sulfonamides is 1. The van der Waals surface area contributed by atoms with Crippen LogP contribution in [0.1, 0.15) is 48.1 Å². The summed E-state index contributed by atoms with van der Waals surface area (Å²) in [4.78, 5) is 12.5. The van der Waals surface area contributed by atoms with Crippen LogP contribution in [0.5, 0.6) is 0 Å². The first-order valence-corrected chi connectivity index (χ1v) is 16.1. The van der Waals surface area contributed by atoms with Gasteiger partial charge < -0.3 is 4.57 Å². The molecule has 1 N–H and O–H groups in total. The molecule has 1 aliphatic carbocycles. The first-order valence-electron chi connectivity index (χ1n) is 12.3. The van der Waals surface area contributed by atoms with Gasteiger partial charge in [0.25, 0.3) is 10.0 Å². The number of benzene rings is 2. The fourth-order valence-electron chi connectivity index (χ4n) is 5.15. The van der Waals surface area contributed by atoms with Gasteiger partial charge in [0.2, 0.25) is 5.91 Å². The molecule has 1 aliphatic rings. The van der Waals surface area contributed by atoms with E-state index < -0.39 is 15.9 Å². The Hall–Kier alpha value is -1.81. The van der Waals surface area contributed by atoms with Crippen molar-refractivity contribution in [1.29, 1.82) is 0 Å². The second-order valence-electron chi connectivity index (χ2n) is 9.48. The fraction of sp³-hybridized carbons (Fsp3) is 0.296. The molecule has 0 unspecified atom stereocenters. The minimum absolute atomic E-state index is 0.0620. The van der Waals surface area contributed by atoms with Crippen molar-refractivity contribution in [3.63, 3.8) is 0 Å². The van der Waals surface area contributed by atoms with Crippen molar-refractivity contribution in [3.8, 4) is 0 Å². The SMILES string of the molecule is O=C(CCCc1cc(F)cc2c3c(n(Cc4ccc(Cl)cc4Cl)c12)CCCC3)NS(=O)(=O)c1cc(Cl)c(Cl)s1. The normalized spacial score (nSPS) is 13.6. The van der Waals surface area contributed by atoms with Crippen LogP contribution in [-0.2, 0) is 40.6 Å². The van der Waals surface area contributed by atoms with Crippen molar-refractivity contribution in [2.24, 2.45) is 0 Å². The maximum absolute atomic E-state index is 14.8. The monoisotopic (exact) mass is 646 g/mol. The van der Waals surface area contributed by atoms with Crippen molar-refractivity contribution in [3.05, 3.63) is 84.0 Å². The van der Waals surface area contributed by atoms with E-state index in [1.165, 1.54) is 17.8 Å². The van der Waals surface area contributed by atoms with Gasteiger partial charge in [-0.1, -0.05) is 52.5 Å². The summed E-state index contributed by atoms with van der Waals surface area (Å²) >= 11 is 25.1. The van der Waals surface area contributed by atoms with Gasteiger partial charge in [-0.3, -0.25) is 4.79 Å². The van der Waals surface area contributed by atoms with Gasteiger partial charge in [0.15, 0.2) is 0 Å². The first-order chi connectivity index (χ1) is 18.5. The molecule has 1 amide bonds. The summed E-state index contributed by atoms with van der Waals surface area (Å²) in [5.41, 5.74) is 4.91. The van der Waals surface area contributed by atoms with E-state index in [0.29, 0.717) is 29.4 Å². The van der Waals surface area contributed by atoms with Gasteiger partial charge in [-0.15, -0.1) is 11.3 Å². The van der Waals surface area contributed by atoms with E-state index in [1.54, 1.807) is 18.2 Å². The molecule has 2 aromatic heterocycles. The third-order valence-electron chi connectivity index (χ3n) is 6.84. The lowest BCUT2D eigenvalue weighted by Gasteiger charge is -2.17. The molecule has 39 heavy (non-hydrogen) atoms.